The summed E-state index contributed by atoms with van der Waals surface area (Å²) in [7, 11) is 0. The van der Waals surface area contributed by atoms with E-state index < -0.39 is 11.6 Å². The molecule has 0 aliphatic heterocycles. The lowest BCUT2D eigenvalue weighted by atomic mass is 9.72. The number of rotatable bonds is 3. The summed E-state index contributed by atoms with van der Waals surface area (Å²) in [6.45, 7) is 11.1. The average Bonchev–Trinajstić information content (AvgIpc) is 2.35. The molecule has 0 aromatic heterocycles. The van der Waals surface area contributed by atoms with Gasteiger partial charge in [-0.05, 0) is 46.1 Å². The molecular formula is C20H24F2. The van der Waals surface area contributed by atoms with Crippen LogP contribution >= 0.6 is 0 Å². The largest absolute Gasteiger partial charge is 0.207 e. The van der Waals surface area contributed by atoms with E-state index in [2.05, 4.69) is 40.7 Å². The van der Waals surface area contributed by atoms with Crippen LogP contribution in [0.15, 0.2) is 42.5 Å². The Morgan fingerprint density at radius 1 is 0.773 bits per heavy atom. The van der Waals surface area contributed by atoms with Gasteiger partial charge >= 0.3 is 0 Å². The smallest absolute Gasteiger partial charge is 0.126 e. The molecule has 0 aliphatic carbocycles. The molecule has 0 bridgehead atoms. The summed E-state index contributed by atoms with van der Waals surface area (Å²) in [5, 5.41) is 0. The molecule has 0 fully saturated rings. The average molecular weight is 302 g/mol. The van der Waals surface area contributed by atoms with Gasteiger partial charge in [0.2, 0.25) is 0 Å². The van der Waals surface area contributed by atoms with E-state index >= 15 is 0 Å². The van der Waals surface area contributed by atoms with Gasteiger partial charge in [-0.2, -0.15) is 0 Å². The highest BCUT2D eigenvalue weighted by Crippen LogP contribution is 2.37. The second-order valence-electron chi connectivity index (χ2n) is 7.86. The van der Waals surface area contributed by atoms with Crippen LogP contribution in [-0.2, 0) is 5.41 Å². The van der Waals surface area contributed by atoms with Crippen LogP contribution < -0.4 is 0 Å². The second-order valence-corrected chi connectivity index (χ2v) is 7.86. The number of hydrogen-bond acceptors (Lipinski definition) is 0. The van der Waals surface area contributed by atoms with Gasteiger partial charge < -0.3 is 0 Å². The van der Waals surface area contributed by atoms with Gasteiger partial charge in [0, 0.05) is 6.07 Å². The summed E-state index contributed by atoms with van der Waals surface area (Å²) >= 11 is 0. The normalized spacial score (nSPS) is 12.5. The van der Waals surface area contributed by atoms with Gasteiger partial charge in [-0.3, -0.25) is 0 Å². The minimum atomic E-state index is -0.547. The first-order valence-corrected chi connectivity index (χ1v) is 7.64. The fourth-order valence-corrected chi connectivity index (χ4v) is 3.27. The highest BCUT2D eigenvalue weighted by molar-refractivity contribution is 5.64. The maximum absolute atomic E-state index is 13.4. The lowest BCUT2D eigenvalue weighted by Gasteiger charge is -2.33. The van der Waals surface area contributed by atoms with E-state index in [9.17, 15) is 8.78 Å². The molecule has 0 nitrogen and oxygen atoms in total. The van der Waals surface area contributed by atoms with E-state index in [0.29, 0.717) is 5.56 Å². The molecule has 0 unspecified atom stereocenters. The van der Waals surface area contributed by atoms with Crippen LogP contribution in [0.5, 0.6) is 0 Å². The molecule has 0 radical (unpaired) electrons. The first-order valence-electron chi connectivity index (χ1n) is 7.64. The highest BCUT2D eigenvalue weighted by Gasteiger charge is 2.27. The van der Waals surface area contributed by atoms with Crippen molar-refractivity contribution in [2.45, 2.75) is 46.5 Å². The van der Waals surface area contributed by atoms with Crippen molar-refractivity contribution >= 4 is 0 Å². The van der Waals surface area contributed by atoms with Crippen molar-refractivity contribution in [3.63, 3.8) is 0 Å². The number of halogens is 2. The van der Waals surface area contributed by atoms with E-state index in [-0.39, 0.29) is 10.8 Å². The molecule has 0 aliphatic rings. The molecule has 0 N–H and O–H groups in total. The standard InChI is InChI=1S/C20H24F2/c1-19(2,3)13-20(4,5)16-8-6-7-14(9-16)15-10-17(21)12-18(22)11-15/h6-12H,13H2,1-5H3. The molecular weight excluding hydrogens is 278 g/mol. The van der Waals surface area contributed by atoms with Gasteiger partial charge in [0.1, 0.15) is 11.6 Å². The van der Waals surface area contributed by atoms with Gasteiger partial charge in [-0.1, -0.05) is 58.9 Å². The van der Waals surface area contributed by atoms with Crippen molar-refractivity contribution in [2.24, 2.45) is 5.41 Å². The van der Waals surface area contributed by atoms with E-state index in [0.717, 1.165) is 18.1 Å². The van der Waals surface area contributed by atoms with Crippen LogP contribution in [0, 0.1) is 17.0 Å². The van der Waals surface area contributed by atoms with E-state index in [1.54, 1.807) is 0 Å². The summed E-state index contributed by atoms with van der Waals surface area (Å²) in [5.41, 5.74) is 2.82. The molecule has 0 saturated carbocycles. The lowest BCUT2D eigenvalue weighted by molar-refractivity contribution is 0.284. The Hall–Kier alpha value is -1.70. The first-order chi connectivity index (χ1) is 10.1. The summed E-state index contributed by atoms with van der Waals surface area (Å²) in [6.07, 6.45) is 1.03. The van der Waals surface area contributed by atoms with Gasteiger partial charge in [0.05, 0.1) is 0 Å². The summed E-state index contributed by atoms with van der Waals surface area (Å²) in [4.78, 5) is 0. The maximum Gasteiger partial charge on any atom is 0.126 e. The van der Waals surface area contributed by atoms with Gasteiger partial charge in [-0.25, -0.2) is 8.78 Å². The Morgan fingerprint density at radius 3 is 1.91 bits per heavy atom. The third-order valence-electron chi connectivity index (χ3n) is 3.81. The predicted molar refractivity (Wildman–Crippen MR) is 88.9 cm³/mol. The van der Waals surface area contributed by atoms with Crippen molar-refractivity contribution < 1.29 is 8.78 Å². The molecule has 118 valence electrons. The highest BCUT2D eigenvalue weighted by atomic mass is 19.1. The maximum atomic E-state index is 13.4. The Balaban J connectivity index is 2.42. The zero-order valence-electron chi connectivity index (χ0n) is 14.0. The Bertz CT molecular complexity index is 643. The first kappa shape index (κ1) is 16.7. The molecule has 0 saturated heterocycles. The minimum Gasteiger partial charge on any atom is -0.207 e. The molecule has 0 spiro atoms. The molecule has 0 atom stereocenters. The zero-order valence-corrected chi connectivity index (χ0v) is 14.0. The van der Waals surface area contributed by atoms with Crippen molar-refractivity contribution in [2.75, 3.05) is 0 Å². The van der Waals surface area contributed by atoms with E-state index in [1.807, 2.05) is 18.2 Å². The fourth-order valence-electron chi connectivity index (χ4n) is 3.27. The number of benzene rings is 2. The van der Waals surface area contributed by atoms with E-state index in [1.165, 1.54) is 17.7 Å². The fraction of sp³-hybridized carbons (Fsp3) is 0.400. The SMILES string of the molecule is CC(C)(C)CC(C)(C)c1cccc(-c2cc(F)cc(F)c2)c1. The molecule has 2 aromatic carbocycles. The Kier molecular flexibility index (Phi) is 4.42. The molecule has 0 amide bonds. The molecule has 22 heavy (non-hydrogen) atoms. The Labute approximate surface area is 132 Å². The monoisotopic (exact) mass is 302 g/mol. The summed E-state index contributed by atoms with van der Waals surface area (Å²) in [6, 6.07) is 11.6. The van der Waals surface area contributed by atoms with Crippen LogP contribution in [-0.4, -0.2) is 0 Å². The predicted octanol–water partition coefficient (Wildman–Crippen LogP) is 6.35. The zero-order chi connectivity index (χ0) is 16.5. The quantitative estimate of drug-likeness (QED) is 0.620. The molecule has 0 heterocycles. The van der Waals surface area contributed by atoms with Crippen molar-refractivity contribution in [3.8, 4) is 11.1 Å². The molecule has 2 aromatic rings. The van der Waals surface area contributed by atoms with E-state index in [4.69, 9.17) is 0 Å². The third kappa shape index (κ3) is 4.16. The minimum absolute atomic E-state index is 0.000129. The summed E-state index contributed by atoms with van der Waals surface area (Å²) < 4.78 is 26.9. The van der Waals surface area contributed by atoms with Crippen LogP contribution in [0.1, 0.15) is 46.6 Å². The Morgan fingerprint density at radius 2 is 1.36 bits per heavy atom. The van der Waals surface area contributed by atoms with Gasteiger partial charge in [-0.15, -0.1) is 0 Å². The lowest BCUT2D eigenvalue weighted by Crippen LogP contribution is -2.24. The second kappa shape index (κ2) is 5.83. The van der Waals surface area contributed by atoms with Crippen molar-refractivity contribution in [3.05, 3.63) is 59.7 Å². The summed E-state index contributed by atoms with van der Waals surface area (Å²) in [5.74, 6) is -1.09. The molecule has 2 rings (SSSR count). The number of hydrogen-bond donors (Lipinski definition) is 0. The third-order valence-corrected chi connectivity index (χ3v) is 3.81. The van der Waals surface area contributed by atoms with Crippen molar-refractivity contribution in [1.82, 2.24) is 0 Å². The van der Waals surface area contributed by atoms with Gasteiger partial charge in [0.15, 0.2) is 0 Å². The van der Waals surface area contributed by atoms with Gasteiger partial charge in [0.25, 0.3) is 0 Å². The van der Waals surface area contributed by atoms with Crippen LogP contribution in [0.2, 0.25) is 0 Å². The van der Waals surface area contributed by atoms with Crippen LogP contribution in [0.3, 0.4) is 0 Å². The van der Waals surface area contributed by atoms with Crippen LogP contribution in [0.25, 0.3) is 11.1 Å². The van der Waals surface area contributed by atoms with Crippen LogP contribution in [0.4, 0.5) is 8.78 Å². The topological polar surface area (TPSA) is 0 Å². The molecule has 2 heteroatoms. The van der Waals surface area contributed by atoms with Crippen molar-refractivity contribution in [1.29, 1.82) is 0 Å².